The topological polar surface area (TPSA) is 52.0 Å². The third kappa shape index (κ3) is 1.73. The summed E-state index contributed by atoms with van der Waals surface area (Å²) in [7, 11) is 0. The second kappa shape index (κ2) is 4.63. The predicted octanol–water partition coefficient (Wildman–Crippen LogP) is 3.02. The number of benzene rings is 1. The van der Waals surface area contributed by atoms with E-state index in [0.29, 0.717) is 18.5 Å². The van der Waals surface area contributed by atoms with E-state index in [0.717, 1.165) is 27.9 Å². The first-order valence-corrected chi connectivity index (χ1v) is 7.35. The fraction of sp³-hybridized carbons (Fsp3) is 0.167. The van der Waals surface area contributed by atoms with E-state index in [4.69, 9.17) is 4.98 Å². The van der Waals surface area contributed by atoms with Gasteiger partial charge < -0.3 is 4.57 Å². The summed E-state index contributed by atoms with van der Waals surface area (Å²) >= 11 is 0. The zero-order valence-corrected chi connectivity index (χ0v) is 12.2. The molecule has 0 saturated carbocycles. The van der Waals surface area contributed by atoms with Gasteiger partial charge in [0.15, 0.2) is 5.78 Å². The lowest BCUT2D eigenvalue weighted by Crippen LogP contribution is -2.16. The van der Waals surface area contributed by atoms with Crippen molar-refractivity contribution in [1.29, 1.82) is 0 Å². The quantitative estimate of drug-likeness (QED) is 0.533. The molecule has 4 rings (SSSR count). The molecule has 0 unspecified atom stereocenters. The van der Waals surface area contributed by atoms with Gasteiger partial charge in [-0.2, -0.15) is 0 Å². The molecule has 0 atom stereocenters. The molecule has 2 aromatic heterocycles. The Bertz CT molecular complexity index is 986. The summed E-state index contributed by atoms with van der Waals surface area (Å²) in [6.45, 7) is 2.37. The van der Waals surface area contributed by atoms with Crippen molar-refractivity contribution in [2.75, 3.05) is 0 Å². The van der Waals surface area contributed by atoms with Crippen LogP contribution in [0.25, 0.3) is 22.3 Å². The number of hydrogen-bond acceptors (Lipinski definition) is 3. The van der Waals surface area contributed by atoms with E-state index in [1.54, 1.807) is 16.7 Å². The van der Waals surface area contributed by atoms with E-state index in [9.17, 15) is 9.59 Å². The average Bonchev–Trinajstić information content (AvgIpc) is 2.91. The zero-order chi connectivity index (χ0) is 15.3. The van der Waals surface area contributed by atoms with Gasteiger partial charge in [0.05, 0.1) is 23.4 Å². The van der Waals surface area contributed by atoms with Crippen LogP contribution in [0.15, 0.2) is 47.3 Å². The summed E-state index contributed by atoms with van der Waals surface area (Å²) in [4.78, 5) is 28.8. The molecule has 0 aliphatic carbocycles. The lowest BCUT2D eigenvalue weighted by molar-refractivity contribution is 0.0989. The lowest BCUT2D eigenvalue weighted by atomic mass is 10.0. The van der Waals surface area contributed by atoms with Crippen molar-refractivity contribution >= 4 is 16.7 Å². The van der Waals surface area contributed by atoms with Crippen LogP contribution in [0.4, 0.5) is 0 Å². The van der Waals surface area contributed by atoms with Crippen molar-refractivity contribution < 1.29 is 4.79 Å². The maximum absolute atomic E-state index is 12.1. The highest BCUT2D eigenvalue weighted by Gasteiger charge is 2.22. The van der Waals surface area contributed by atoms with Gasteiger partial charge in [0.2, 0.25) is 0 Å². The molecule has 0 saturated heterocycles. The molecule has 0 spiro atoms. The molecule has 0 bridgehead atoms. The van der Waals surface area contributed by atoms with Crippen molar-refractivity contribution in [3.63, 3.8) is 0 Å². The molecule has 0 radical (unpaired) electrons. The Labute approximate surface area is 127 Å². The van der Waals surface area contributed by atoms with Crippen molar-refractivity contribution in [2.45, 2.75) is 19.9 Å². The van der Waals surface area contributed by atoms with Crippen LogP contribution in [0, 0.1) is 0 Å². The van der Waals surface area contributed by atoms with Gasteiger partial charge in [0.25, 0.3) is 5.56 Å². The largest absolute Gasteiger partial charge is 0.302 e. The number of pyridine rings is 2. The van der Waals surface area contributed by atoms with Crippen molar-refractivity contribution in [3.8, 4) is 11.4 Å². The van der Waals surface area contributed by atoms with Crippen LogP contribution in [-0.2, 0) is 6.54 Å². The molecular formula is C18H14N2O2. The molecule has 108 valence electrons. The second-order valence-corrected chi connectivity index (χ2v) is 5.48. The van der Waals surface area contributed by atoms with E-state index in [1.165, 1.54) is 0 Å². The Morgan fingerprint density at radius 2 is 2.05 bits per heavy atom. The number of carbonyl (C=O) groups excluding carboxylic acids is 1. The van der Waals surface area contributed by atoms with Crippen molar-refractivity contribution in [1.82, 2.24) is 9.55 Å². The predicted molar refractivity (Wildman–Crippen MR) is 85.2 cm³/mol. The van der Waals surface area contributed by atoms with E-state index in [1.807, 2.05) is 37.3 Å². The highest BCUT2D eigenvalue weighted by Crippen LogP contribution is 2.32. The third-order valence-corrected chi connectivity index (χ3v) is 4.18. The van der Waals surface area contributed by atoms with Crippen LogP contribution in [0.3, 0.4) is 0 Å². The summed E-state index contributed by atoms with van der Waals surface area (Å²) in [5.41, 5.74) is 4.15. The molecule has 0 N–H and O–H groups in total. The maximum atomic E-state index is 12.1. The summed E-state index contributed by atoms with van der Waals surface area (Å²) in [5.74, 6) is 0.111. The van der Waals surface area contributed by atoms with E-state index >= 15 is 0 Å². The maximum Gasteiger partial charge on any atom is 0.251 e. The van der Waals surface area contributed by atoms with E-state index in [2.05, 4.69) is 0 Å². The number of carbonyl (C=O) groups is 1. The van der Waals surface area contributed by atoms with Crippen LogP contribution in [-0.4, -0.2) is 15.3 Å². The highest BCUT2D eigenvalue weighted by atomic mass is 16.1. The molecule has 1 aliphatic heterocycles. The van der Waals surface area contributed by atoms with Gasteiger partial charge in [-0.15, -0.1) is 0 Å². The Kier molecular flexibility index (Phi) is 2.73. The number of rotatable bonds is 2. The van der Waals surface area contributed by atoms with E-state index < -0.39 is 0 Å². The third-order valence-electron chi connectivity index (χ3n) is 4.18. The Hall–Kier alpha value is -2.75. The van der Waals surface area contributed by atoms with Crippen molar-refractivity contribution in [3.05, 3.63) is 63.9 Å². The molecule has 4 heteroatoms. The van der Waals surface area contributed by atoms with Gasteiger partial charge in [0.1, 0.15) is 0 Å². The van der Waals surface area contributed by atoms with Gasteiger partial charge in [-0.1, -0.05) is 25.1 Å². The first kappa shape index (κ1) is 13.0. The zero-order valence-electron chi connectivity index (χ0n) is 12.2. The van der Waals surface area contributed by atoms with Gasteiger partial charge >= 0.3 is 0 Å². The first-order chi connectivity index (χ1) is 10.7. The minimum absolute atomic E-state index is 0.0237. The summed E-state index contributed by atoms with van der Waals surface area (Å²) in [6.07, 6.45) is 0.468. The molecule has 3 heterocycles. The molecule has 4 nitrogen and oxygen atoms in total. The fourth-order valence-electron chi connectivity index (χ4n) is 3.07. The van der Waals surface area contributed by atoms with Gasteiger partial charge in [0, 0.05) is 29.0 Å². The summed E-state index contributed by atoms with van der Waals surface area (Å²) in [6, 6.07) is 12.8. The van der Waals surface area contributed by atoms with E-state index in [-0.39, 0.29) is 11.3 Å². The lowest BCUT2D eigenvalue weighted by Gasteiger charge is -2.06. The fourth-order valence-corrected chi connectivity index (χ4v) is 3.07. The van der Waals surface area contributed by atoms with Gasteiger partial charge in [-0.25, -0.2) is 4.98 Å². The smallest absolute Gasteiger partial charge is 0.251 e. The Morgan fingerprint density at radius 1 is 1.23 bits per heavy atom. The normalized spacial score (nSPS) is 12.2. The molecule has 0 fully saturated rings. The van der Waals surface area contributed by atoms with Crippen LogP contribution >= 0.6 is 0 Å². The van der Waals surface area contributed by atoms with Gasteiger partial charge in [-0.05, 0) is 18.2 Å². The van der Waals surface area contributed by atoms with Crippen LogP contribution < -0.4 is 5.56 Å². The molecule has 22 heavy (non-hydrogen) atoms. The molecule has 1 aliphatic rings. The van der Waals surface area contributed by atoms with Crippen LogP contribution in [0.1, 0.15) is 29.3 Å². The first-order valence-electron chi connectivity index (χ1n) is 7.35. The number of hydrogen-bond donors (Lipinski definition) is 0. The summed E-state index contributed by atoms with van der Waals surface area (Å²) in [5, 5.41) is 0.869. The monoisotopic (exact) mass is 290 g/mol. The molecule has 0 amide bonds. The van der Waals surface area contributed by atoms with Crippen LogP contribution in [0.5, 0.6) is 0 Å². The standard InChI is InChI=1S/C18H14N2O2/c1-2-16(21)12-5-3-6-14-13(12)9-11-10-20-15(18(11)19-14)7-4-8-17(20)22/h3-9H,2,10H2,1H3. The number of fused-ring (bicyclic) bond motifs is 4. The SMILES string of the molecule is CCC(=O)c1cccc2nc3c(cc12)Cn1c-3cccc1=O. The minimum atomic E-state index is -0.0237. The molecule has 1 aromatic carbocycles. The Balaban J connectivity index is 2.01. The number of nitrogens with zero attached hydrogens (tertiary/aromatic N) is 2. The van der Waals surface area contributed by atoms with Crippen molar-refractivity contribution in [2.24, 2.45) is 0 Å². The second-order valence-electron chi connectivity index (χ2n) is 5.48. The number of aromatic nitrogens is 2. The molecule has 3 aromatic rings. The highest BCUT2D eigenvalue weighted by molar-refractivity contribution is 6.07. The number of ketones is 1. The number of Topliss-reactive ketones (excluding diaryl/α,β-unsaturated/α-hetero) is 1. The average molecular weight is 290 g/mol. The van der Waals surface area contributed by atoms with Gasteiger partial charge in [-0.3, -0.25) is 9.59 Å². The molecular weight excluding hydrogens is 276 g/mol. The summed E-state index contributed by atoms with van der Waals surface area (Å²) < 4.78 is 1.72. The minimum Gasteiger partial charge on any atom is -0.302 e. The van der Waals surface area contributed by atoms with Crippen LogP contribution in [0.2, 0.25) is 0 Å². The Morgan fingerprint density at radius 3 is 2.86 bits per heavy atom.